The summed E-state index contributed by atoms with van der Waals surface area (Å²) >= 11 is 0. The Balaban J connectivity index is 2.06. The number of carbonyl (C=O) groups is 1. The molecule has 6 nitrogen and oxygen atoms in total. The maximum atomic E-state index is 10.8. The fourth-order valence-electron chi connectivity index (χ4n) is 1.32. The molecule has 1 saturated carbocycles. The second-order valence-corrected chi connectivity index (χ2v) is 4.30. The van der Waals surface area contributed by atoms with Crippen LogP contribution in [-0.4, -0.2) is 31.4 Å². The quantitative estimate of drug-likeness (QED) is 0.727. The number of hydrogen-bond donors (Lipinski definition) is 2. The summed E-state index contributed by atoms with van der Waals surface area (Å²) in [5.41, 5.74) is 4.31. The molecule has 2 rings (SSSR count). The van der Waals surface area contributed by atoms with Crippen LogP contribution < -0.4 is 5.73 Å². The van der Waals surface area contributed by atoms with Crippen LogP contribution in [0.4, 0.5) is 0 Å². The zero-order valence-corrected chi connectivity index (χ0v) is 8.55. The van der Waals surface area contributed by atoms with Crippen LogP contribution >= 0.6 is 0 Å². The number of nitrogens with two attached hydrogens (primary N) is 1. The molecule has 1 heterocycles. The lowest BCUT2D eigenvalue weighted by Gasteiger charge is -2.18. The molecule has 1 unspecified atom stereocenters. The maximum Gasteiger partial charge on any atom is 0.325 e. The van der Waals surface area contributed by atoms with Gasteiger partial charge in [-0.3, -0.25) is 9.48 Å². The molecule has 82 valence electrons. The number of hydrogen-bond acceptors (Lipinski definition) is 4. The minimum atomic E-state index is -1.30. The lowest BCUT2D eigenvalue weighted by molar-refractivity contribution is -0.143. The Labute approximate surface area is 87.1 Å². The Morgan fingerprint density at radius 2 is 2.47 bits per heavy atom. The molecule has 1 aromatic heterocycles. The molecule has 0 amide bonds. The Bertz CT molecular complexity index is 381. The van der Waals surface area contributed by atoms with E-state index in [9.17, 15) is 4.79 Å². The Morgan fingerprint density at radius 1 is 1.80 bits per heavy atom. The topological polar surface area (TPSA) is 94.0 Å². The summed E-state index contributed by atoms with van der Waals surface area (Å²) in [5, 5.41) is 13.0. The van der Waals surface area contributed by atoms with Gasteiger partial charge in [0, 0.05) is 5.92 Å². The third-order valence-corrected chi connectivity index (χ3v) is 2.48. The zero-order valence-electron chi connectivity index (χ0n) is 8.55. The summed E-state index contributed by atoms with van der Waals surface area (Å²) in [5.74, 6) is 0.238. The van der Waals surface area contributed by atoms with Gasteiger partial charge in [0.2, 0.25) is 0 Å². The molecule has 0 spiro atoms. The van der Waals surface area contributed by atoms with Gasteiger partial charge >= 0.3 is 5.97 Å². The summed E-state index contributed by atoms with van der Waals surface area (Å²) in [7, 11) is 0. The molecular weight excluding hydrogens is 196 g/mol. The summed E-state index contributed by atoms with van der Waals surface area (Å²) in [6.45, 7) is 1.61. The third-order valence-electron chi connectivity index (χ3n) is 2.48. The molecule has 1 atom stereocenters. The van der Waals surface area contributed by atoms with Crippen LogP contribution in [-0.2, 0) is 11.3 Å². The van der Waals surface area contributed by atoms with Crippen LogP contribution in [0.25, 0.3) is 0 Å². The van der Waals surface area contributed by atoms with E-state index in [-0.39, 0.29) is 6.54 Å². The molecule has 1 aromatic rings. The second-order valence-electron chi connectivity index (χ2n) is 4.30. The van der Waals surface area contributed by atoms with Gasteiger partial charge in [-0.1, -0.05) is 0 Å². The van der Waals surface area contributed by atoms with E-state index in [4.69, 9.17) is 10.8 Å². The van der Waals surface area contributed by atoms with Crippen molar-refractivity contribution in [1.29, 1.82) is 0 Å². The molecule has 0 aromatic carbocycles. The van der Waals surface area contributed by atoms with Gasteiger partial charge in [0.25, 0.3) is 0 Å². The Kier molecular flexibility index (Phi) is 2.22. The first-order chi connectivity index (χ1) is 6.99. The summed E-state index contributed by atoms with van der Waals surface area (Å²) < 4.78 is 1.50. The zero-order chi connectivity index (χ0) is 11.1. The predicted molar refractivity (Wildman–Crippen MR) is 52.2 cm³/mol. The van der Waals surface area contributed by atoms with E-state index in [0.29, 0.717) is 5.92 Å². The molecule has 0 bridgehead atoms. The summed E-state index contributed by atoms with van der Waals surface area (Å²) in [6, 6.07) is 0. The molecule has 1 aliphatic rings. The molecular formula is C9H14N4O2. The van der Waals surface area contributed by atoms with Gasteiger partial charge in [0.1, 0.15) is 11.9 Å². The highest BCUT2D eigenvalue weighted by atomic mass is 16.4. The van der Waals surface area contributed by atoms with Crippen LogP contribution in [0.1, 0.15) is 31.5 Å². The van der Waals surface area contributed by atoms with E-state index < -0.39 is 11.5 Å². The van der Waals surface area contributed by atoms with Gasteiger partial charge < -0.3 is 10.8 Å². The predicted octanol–water partition coefficient (Wildman–Crippen LogP) is -0.0425. The van der Waals surface area contributed by atoms with Crippen molar-refractivity contribution in [3.63, 3.8) is 0 Å². The first-order valence-corrected chi connectivity index (χ1v) is 4.90. The number of carboxylic acid groups (broad SMARTS) is 1. The van der Waals surface area contributed by atoms with Crippen molar-refractivity contribution >= 4 is 5.97 Å². The van der Waals surface area contributed by atoms with Crippen LogP contribution in [0.5, 0.6) is 0 Å². The van der Waals surface area contributed by atoms with Gasteiger partial charge in [-0.15, -0.1) is 0 Å². The molecule has 0 saturated heterocycles. The van der Waals surface area contributed by atoms with Gasteiger partial charge in [-0.25, -0.2) is 4.98 Å². The van der Waals surface area contributed by atoms with Crippen molar-refractivity contribution < 1.29 is 9.90 Å². The average molecular weight is 210 g/mol. The summed E-state index contributed by atoms with van der Waals surface area (Å²) in [4.78, 5) is 14.9. The number of aromatic nitrogens is 3. The van der Waals surface area contributed by atoms with E-state index in [1.807, 2.05) is 0 Å². The molecule has 3 N–H and O–H groups in total. The van der Waals surface area contributed by atoms with E-state index in [0.717, 1.165) is 18.7 Å². The highest BCUT2D eigenvalue weighted by Gasteiger charge is 2.31. The van der Waals surface area contributed by atoms with Crippen LogP contribution in [0.2, 0.25) is 0 Å². The molecule has 6 heteroatoms. The van der Waals surface area contributed by atoms with E-state index in [1.54, 1.807) is 6.33 Å². The van der Waals surface area contributed by atoms with Gasteiger partial charge in [-0.2, -0.15) is 5.10 Å². The standard InChI is InChI=1S/C9H14N4O2/c1-9(10,8(14)15)4-13-5-11-7(12-13)6-2-3-6/h5-6H,2-4,10H2,1H3,(H,14,15). The molecule has 1 fully saturated rings. The van der Waals surface area contributed by atoms with Gasteiger partial charge in [0.05, 0.1) is 6.54 Å². The van der Waals surface area contributed by atoms with Crippen LogP contribution in [0.15, 0.2) is 6.33 Å². The number of rotatable bonds is 4. The maximum absolute atomic E-state index is 10.8. The SMILES string of the molecule is CC(N)(Cn1cnc(C2CC2)n1)C(=O)O. The lowest BCUT2D eigenvalue weighted by atomic mass is 10.1. The van der Waals surface area contributed by atoms with E-state index >= 15 is 0 Å². The van der Waals surface area contributed by atoms with Crippen molar-refractivity contribution in [3.05, 3.63) is 12.2 Å². The number of aliphatic carboxylic acids is 1. The Hall–Kier alpha value is -1.43. The highest BCUT2D eigenvalue weighted by molar-refractivity contribution is 5.77. The molecule has 0 radical (unpaired) electrons. The Morgan fingerprint density at radius 3 is 3.00 bits per heavy atom. The second kappa shape index (κ2) is 3.30. The molecule has 15 heavy (non-hydrogen) atoms. The monoisotopic (exact) mass is 210 g/mol. The fourth-order valence-corrected chi connectivity index (χ4v) is 1.32. The largest absolute Gasteiger partial charge is 0.480 e. The van der Waals surface area contributed by atoms with Crippen LogP contribution in [0.3, 0.4) is 0 Å². The lowest BCUT2D eigenvalue weighted by Crippen LogP contribution is -2.48. The van der Waals surface area contributed by atoms with Crippen molar-refractivity contribution in [1.82, 2.24) is 14.8 Å². The number of nitrogens with zero attached hydrogens (tertiary/aromatic N) is 3. The van der Waals surface area contributed by atoms with Gasteiger partial charge in [-0.05, 0) is 19.8 Å². The first kappa shape index (κ1) is 10.1. The molecule has 0 aliphatic heterocycles. The van der Waals surface area contributed by atoms with Crippen LogP contribution in [0, 0.1) is 0 Å². The van der Waals surface area contributed by atoms with Gasteiger partial charge in [0.15, 0.2) is 5.82 Å². The minimum absolute atomic E-state index is 0.141. The smallest absolute Gasteiger partial charge is 0.325 e. The fraction of sp³-hybridized carbons (Fsp3) is 0.667. The normalized spacial score (nSPS) is 19.9. The van der Waals surface area contributed by atoms with Crippen molar-refractivity contribution in [3.8, 4) is 0 Å². The minimum Gasteiger partial charge on any atom is -0.480 e. The summed E-state index contributed by atoms with van der Waals surface area (Å²) in [6.07, 6.45) is 3.80. The molecule has 1 aliphatic carbocycles. The first-order valence-electron chi connectivity index (χ1n) is 4.90. The van der Waals surface area contributed by atoms with Crippen molar-refractivity contribution in [2.75, 3.05) is 0 Å². The highest BCUT2D eigenvalue weighted by Crippen LogP contribution is 2.37. The third kappa shape index (κ3) is 2.15. The van der Waals surface area contributed by atoms with Crippen molar-refractivity contribution in [2.24, 2.45) is 5.73 Å². The van der Waals surface area contributed by atoms with E-state index in [2.05, 4.69) is 10.1 Å². The average Bonchev–Trinajstić information content (AvgIpc) is 2.88. The van der Waals surface area contributed by atoms with Crippen molar-refractivity contribution in [2.45, 2.75) is 37.8 Å². The number of carboxylic acids is 1. The van der Waals surface area contributed by atoms with E-state index in [1.165, 1.54) is 11.6 Å².